The first kappa shape index (κ1) is 14.5. The molecule has 0 fully saturated rings. The van der Waals surface area contributed by atoms with Crippen LogP contribution in [0.1, 0.15) is 17.1 Å². The lowest BCUT2D eigenvalue weighted by molar-refractivity contribution is 0.748. The third-order valence-corrected chi connectivity index (χ3v) is 4.12. The van der Waals surface area contributed by atoms with Gasteiger partial charge in [-0.25, -0.2) is 4.98 Å². The van der Waals surface area contributed by atoms with Gasteiger partial charge in [0, 0.05) is 30.2 Å². The second-order valence-electron chi connectivity index (χ2n) is 5.94. The number of aryl methyl sites for hydroxylation is 4. The first-order chi connectivity index (χ1) is 11.5. The van der Waals surface area contributed by atoms with Crippen molar-refractivity contribution >= 4 is 11.0 Å². The van der Waals surface area contributed by atoms with E-state index in [0.29, 0.717) is 5.65 Å². The summed E-state index contributed by atoms with van der Waals surface area (Å²) in [6.07, 6.45) is 3.56. The summed E-state index contributed by atoms with van der Waals surface area (Å²) in [4.78, 5) is 13.6. The van der Waals surface area contributed by atoms with E-state index < -0.39 is 0 Å². The van der Waals surface area contributed by atoms with Gasteiger partial charge in [-0.15, -0.1) is 0 Å². The van der Waals surface area contributed by atoms with E-state index in [2.05, 4.69) is 30.2 Å². The standard InChI is InChI=1S/C17H17N7/c1-9-5-14(22-21-9)13-6-12(15-8-18-10(2)7-19-15)16-11(3)24(4)23-17(16)20-13/h5-8H,1-4H3,(H,21,22). The van der Waals surface area contributed by atoms with E-state index in [4.69, 9.17) is 0 Å². The number of pyridine rings is 1. The molecule has 0 saturated heterocycles. The molecule has 0 amide bonds. The van der Waals surface area contributed by atoms with Crippen LogP contribution in [0.5, 0.6) is 0 Å². The van der Waals surface area contributed by atoms with Crippen LogP contribution in [-0.4, -0.2) is 34.9 Å². The van der Waals surface area contributed by atoms with Gasteiger partial charge in [-0.05, 0) is 32.9 Å². The summed E-state index contributed by atoms with van der Waals surface area (Å²) in [6, 6.07) is 3.97. The lowest BCUT2D eigenvalue weighted by Gasteiger charge is -2.06. The van der Waals surface area contributed by atoms with Gasteiger partial charge in [0.2, 0.25) is 0 Å². The van der Waals surface area contributed by atoms with Gasteiger partial charge in [-0.2, -0.15) is 10.2 Å². The molecule has 0 unspecified atom stereocenters. The van der Waals surface area contributed by atoms with Gasteiger partial charge < -0.3 is 0 Å². The third kappa shape index (κ3) is 2.25. The number of nitrogens with zero attached hydrogens (tertiary/aromatic N) is 6. The second kappa shape index (κ2) is 5.23. The quantitative estimate of drug-likeness (QED) is 0.614. The van der Waals surface area contributed by atoms with Crippen molar-refractivity contribution in [1.82, 2.24) is 34.9 Å². The van der Waals surface area contributed by atoms with E-state index >= 15 is 0 Å². The lowest BCUT2D eigenvalue weighted by atomic mass is 10.1. The van der Waals surface area contributed by atoms with Crippen LogP contribution >= 0.6 is 0 Å². The molecule has 4 rings (SSSR count). The molecule has 1 N–H and O–H groups in total. The number of hydrogen-bond donors (Lipinski definition) is 1. The van der Waals surface area contributed by atoms with Gasteiger partial charge in [-0.1, -0.05) is 0 Å². The number of H-pyrrole nitrogens is 1. The zero-order chi connectivity index (χ0) is 16.8. The fraction of sp³-hybridized carbons (Fsp3) is 0.235. The molecule has 0 aliphatic carbocycles. The maximum absolute atomic E-state index is 4.68. The zero-order valence-electron chi connectivity index (χ0n) is 14.0. The molecule has 0 aliphatic rings. The normalized spacial score (nSPS) is 11.3. The highest BCUT2D eigenvalue weighted by Gasteiger charge is 2.17. The highest BCUT2D eigenvalue weighted by atomic mass is 15.3. The van der Waals surface area contributed by atoms with E-state index in [1.807, 2.05) is 44.6 Å². The van der Waals surface area contributed by atoms with Crippen LogP contribution in [0.25, 0.3) is 33.7 Å². The highest BCUT2D eigenvalue weighted by molar-refractivity contribution is 5.95. The van der Waals surface area contributed by atoms with Crippen LogP contribution in [0.2, 0.25) is 0 Å². The predicted molar refractivity (Wildman–Crippen MR) is 91.3 cm³/mol. The van der Waals surface area contributed by atoms with Crippen molar-refractivity contribution < 1.29 is 0 Å². The molecule has 0 aliphatic heterocycles. The van der Waals surface area contributed by atoms with Crippen LogP contribution in [0.3, 0.4) is 0 Å². The van der Waals surface area contributed by atoms with Crippen molar-refractivity contribution in [3.05, 3.63) is 41.6 Å². The molecule has 4 aromatic heterocycles. The van der Waals surface area contributed by atoms with Crippen LogP contribution in [-0.2, 0) is 7.05 Å². The molecule has 0 radical (unpaired) electrons. The minimum absolute atomic E-state index is 0.686. The smallest absolute Gasteiger partial charge is 0.182 e. The van der Waals surface area contributed by atoms with Crippen molar-refractivity contribution in [3.63, 3.8) is 0 Å². The summed E-state index contributed by atoms with van der Waals surface area (Å²) in [5.41, 5.74) is 6.92. The Morgan fingerprint density at radius 1 is 0.958 bits per heavy atom. The summed E-state index contributed by atoms with van der Waals surface area (Å²) in [5, 5.41) is 12.8. The van der Waals surface area contributed by atoms with E-state index in [0.717, 1.165) is 45.1 Å². The molecule has 0 bridgehead atoms. The lowest BCUT2D eigenvalue weighted by Crippen LogP contribution is -1.93. The molecule has 7 nitrogen and oxygen atoms in total. The van der Waals surface area contributed by atoms with E-state index in [9.17, 15) is 0 Å². The average molecular weight is 319 g/mol. The molecule has 4 aromatic rings. The number of nitrogens with one attached hydrogen (secondary N) is 1. The number of aromatic amines is 1. The number of rotatable bonds is 2. The van der Waals surface area contributed by atoms with E-state index in [1.165, 1.54) is 0 Å². The number of hydrogen-bond acceptors (Lipinski definition) is 5. The van der Waals surface area contributed by atoms with Gasteiger partial charge in [0.1, 0.15) is 5.69 Å². The molecule has 120 valence electrons. The Kier molecular flexibility index (Phi) is 3.16. The Balaban J connectivity index is 2.03. The van der Waals surface area contributed by atoms with Gasteiger partial charge in [0.15, 0.2) is 5.65 Å². The van der Waals surface area contributed by atoms with Gasteiger partial charge in [0.05, 0.1) is 28.7 Å². The average Bonchev–Trinajstić information content (AvgIpc) is 3.12. The first-order valence-corrected chi connectivity index (χ1v) is 7.68. The maximum atomic E-state index is 4.68. The fourth-order valence-electron chi connectivity index (χ4n) is 2.75. The van der Waals surface area contributed by atoms with Crippen LogP contribution in [0.15, 0.2) is 24.5 Å². The monoisotopic (exact) mass is 319 g/mol. The van der Waals surface area contributed by atoms with Gasteiger partial charge in [-0.3, -0.25) is 19.7 Å². The minimum Gasteiger partial charge on any atom is -0.282 e. The molecular weight excluding hydrogens is 302 g/mol. The molecule has 7 heteroatoms. The summed E-state index contributed by atoms with van der Waals surface area (Å²) in [7, 11) is 1.92. The zero-order valence-corrected chi connectivity index (χ0v) is 14.0. The number of aromatic nitrogens is 7. The fourth-order valence-corrected chi connectivity index (χ4v) is 2.75. The summed E-state index contributed by atoms with van der Waals surface area (Å²) in [6.45, 7) is 5.92. The Hall–Kier alpha value is -3.09. The topological polar surface area (TPSA) is 85.2 Å². The van der Waals surface area contributed by atoms with Crippen LogP contribution in [0.4, 0.5) is 0 Å². The third-order valence-electron chi connectivity index (χ3n) is 4.12. The van der Waals surface area contributed by atoms with Crippen molar-refractivity contribution in [2.24, 2.45) is 7.05 Å². The summed E-state index contributed by atoms with van der Waals surface area (Å²) < 4.78 is 1.84. The molecule has 24 heavy (non-hydrogen) atoms. The SMILES string of the molecule is Cc1cnc(-c2cc(-c3cc(C)[nH]n3)nc3nn(C)c(C)c23)cn1. The Labute approximate surface area is 138 Å². The van der Waals surface area contributed by atoms with Crippen molar-refractivity contribution in [2.45, 2.75) is 20.8 Å². The van der Waals surface area contributed by atoms with E-state index in [-0.39, 0.29) is 0 Å². The van der Waals surface area contributed by atoms with Gasteiger partial charge >= 0.3 is 0 Å². The second-order valence-corrected chi connectivity index (χ2v) is 5.94. The van der Waals surface area contributed by atoms with Gasteiger partial charge in [0.25, 0.3) is 0 Å². The highest BCUT2D eigenvalue weighted by Crippen LogP contribution is 2.32. The molecule has 0 atom stereocenters. The Morgan fingerprint density at radius 3 is 2.46 bits per heavy atom. The van der Waals surface area contributed by atoms with Crippen molar-refractivity contribution in [2.75, 3.05) is 0 Å². The predicted octanol–water partition coefficient (Wildman–Crippen LogP) is 2.74. The molecule has 0 saturated carbocycles. The van der Waals surface area contributed by atoms with E-state index in [1.54, 1.807) is 12.4 Å². The van der Waals surface area contributed by atoms with Crippen LogP contribution in [0, 0.1) is 20.8 Å². The van der Waals surface area contributed by atoms with Crippen molar-refractivity contribution in [3.8, 4) is 22.6 Å². The number of fused-ring (bicyclic) bond motifs is 1. The summed E-state index contributed by atoms with van der Waals surface area (Å²) in [5.74, 6) is 0. The molecule has 0 spiro atoms. The Morgan fingerprint density at radius 2 is 1.79 bits per heavy atom. The van der Waals surface area contributed by atoms with Crippen LogP contribution < -0.4 is 0 Å². The summed E-state index contributed by atoms with van der Waals surface area (Å²) >= 11 is 0. The molecule has 0 aromatic carbocycles. The minimum atomic E-state index is 0.686. The largest absolute Gasteiger partial charge is 0.282 e. The molecular formula is C17H17N7. The molecule has 4 heterocycles. The maximum Gasteiger partial charge on any atom is 0.182 e. The Bertz CT molecular complexity index is 1040. The first-order valence-electron chi connectivity index (χ1n) is 7.68. The van der Waals surface area contributed by atoms with Crippen molar-refractivity contribution in [1.29, 1.82) is 0 Å².